The Morgan fingerprint density at radius 3 is 2.34 bits per heavy atom. The smallest absolute Gasteiger partial charge is 0.127 e. The largest absolute Gasteiger partial charge is 0.507 e. The van der Waals surface area contributed by atoms with Gasteiger partial charge in [0.05, 0.1) is 0 Å². The van der Waals surface area contributed by atoms with E-state index in [4.69, 9.17) is 0 Å². The molecule has 0 spiro atoms. The van der Waals surface area contributed by atoms with Crippen LogP contribution in [0.3, 0.4) is 0 Å². The fourth-order valence-corrected chi connectivity index (χ4v) is 6.31. The second kappa shape index (κ2) is 9.91. The minimum Gasteiger partial charge on any atom is -0.507 e. The molecule has 0 aliphatic heterocycles. The maximum atomic E-state index is 11.4. The summed E-state index contributed by atoms with van der Waals surface area (Å²) >= 11 is 2.06. The molecule has 4 rings (SSSR count). The molecular weight excluding hydrogens is 408 g/mol. The summed E-state index contributed by atoms with van der Waals surface area (Å²) in [5, 5.41) is 14.5. The monoisotopic (exact) mass is 446 g/mol. The van der Waals surface area contributed by atoms with Crippen LogP contribution in [0.2, 0.25) is 0 Å². The Balaban J connectivity index is 1.68. The minimum atomic E-state index is 0.0340. The van der Waals surface area contributed by atoms with Crippen molar-refractivity contribution in [2.45, 2.75) is 82.6 Å². The van der Waals surface area contributed by atoms with Gasteiger partial charge in [0.1, 0.15) is 5.75 Å². The molecule has 0 aromatic heterocycles. The van der Waals surface area contributed by atoms with E-state index in [-0.39, 0.29) is 5.41 Å². The third-order valence-corrected chi connectivity index (χ3v) is 8.71. The summed E-state index contributed by atoms with van der Waals surface area (Å²) < 4.78 is 0. The van der Waals surface area contributed by atoms with Crippen LogP contribution < -0.4 is 0 Å². The van der Waals surface area contributed by atoms with Crippen LogP contribution >= 0.6 is 11.8 Å². The van der Waals surface area contributed by atoms with Gasteiger partial charge in [-0.25, -0.2) is 0 Å². The van der Waals surface area contributed by atoms with Gasteiger partial charge >= 0.3 is 0 Å². The molecule has 1 aliphatic rings. The van der Waals surface area contributed by atoms with Gasteiger partial charge in [-0.05, 0) is 58.2 Å². The maximum absolute atomic E-state index is 11.4. The van der Waals surface area contributed by atoms with Crippen molar-refractivity contribution < 1.29 is 5.11 Å². The average molecular weight is 447 g/mol. The van der Waals surface area contributed by atoms with Gasteiger partial charge in [0.15, 0.2) is 0 Å². The molecule has 2 atom stereocenters. The van der Waals surface area contributed by atoms with Crippen molar-refractivity contribution in [1.29, 1.82) is 0 Å². The van der Waals surface area contributed by atoms with Crippen molar-refractivity contribution in [1.82, 2.24) is 0 Å². The predicted octanol–water partition coefficient (Wildman–Crippen LogP) is 9.10. The fourth-order valence-electron chi connectivity index (χ4n) is 4.89. The maximum Gasteiger partial charge on any atom is 0.127 e. The summed E-state index contributed by atoms with van der Waals surface area (Å²) in [6.45, 7) is 9.21. The van der Waals surface area contributed by atoms with Crippen LogP contribution in [-0.4, -0.2) is 10.4 Å². The summed E-state index contributed by atoms with van der Waals surface area (Å²) in [5.74, 6) is 2.10. The Hall–Kier alpha value is -1.93. The van der Waals surface area contributed by atoms with Gasteiger partial charge < -0.3 is 5.11 Å². The van der Waals surface area contributed by atoms with Crippen molar-refractivity contribution in [2.24, 2.45) is 5.92 Å². The van der Waals surface area contributed by atoms with E-state index in [1.54, 1.807) is 0 Å². The van der Waals surface area contributed by atoms with E-state index in [0.717, 1.165) is 28.4 Å². The fraction of sp³-hybridized carbons (Fsp3) is 0.467. The van der Waals surface area contributed by atoms with Gasteiger partial charge in [-0.1, -0.05) is 95.8 Å². The summed E-state index contributed by atoms with van der Waals surface area (Å²) in [6, 6.07) is 19.4. The number of benzene rings is 3. The lowest BCUT2D eigenvalue weighted by molar-refractivity contribution is 0.414. The molecule has 0 saturated heterocycles. The average Bonchev–Trinajstić information content (AvgIpc) is 2.76. The van der Waals surface area contributed by atoms with E-state index >= 15 is 0 Å². The molecule has 0 unspecified atom stereocenters. The number of rotatable bonds is 4. The van der Waals surface area contributed by atoms with Crippen LogP contribution in [0.5, 0.6) is 5.75 Å². The van der Waals surface area contributed by atoms with Crippen molar-refractivity contribution in [3.63, 3.8) is 0 Å². The van der Waals surface area contributed by atoms with Gasteiger partial charge in [-0.15, -0.1) is 0 Å². The second-order valence-electron chi connectivity index (χ2n) is 10.7. The van der Waals surface area contributed by atoms with Crippen LogP contribution in [0.4, 0.5) is 0 Å². The highest BCUT2D eigenvalue weighted by Crippen LogP contribution is 2.41. The Labute approximate surface area is 198 Å². The lowest BCUT2D eigenvalue weighted by Gasteiger charge is -2.27. The van der Waals surface area contributed by atoms with E-state index < -0.39 is 0 Å². The molecule has 32 heavy (non-hydrogen) atoms. The normalized spacial score (nSPS) is 20.1. The first-order chi connectivity index (χ1) is 15.3. The number of aromatic hydroxyl groups is 1. The molecule has 0 bridgehead atoms. The second-order valence-corrected chi connectivity index (χ2v) is 11.9. The molecule has 0 radical (unpaired) electrons. The van der Waals surface area contributed by atoms with E-state index in [2.05, 4.69) is 94.1 Å². The number of phenols is 1. The van der Waals surface area contributed by atoms with Gasteiger partial charge in [0.25, 0.3) is 0 Å². The van der Waals surface area contributed by atoms with Crippen LogP contribution in [-0.2, 0) is 11.2 Å². The third kappa shape index (κ3) is 5.34. The minimum absolute atomic E-state index is 0.0340. The van der Waals surface area contributed by atoms with E-state index in [0.29, 0.717) is 11.0 Å². The van der Waals surface area contributed by atoms with Crippen molar-refractivity contribution in [3.05, 3.63) is 65.7 Å². The molecule has 1 nitrogen and oxygen atoms in total. The first-order valence-electron chi connectivity index (χ1n) is 12.3. The number of thioether (sulfide) groups is 1. The molecule has 3 aromatic rings. The summed E-state index contributed by atoms with van der Waals surface area (Å²) in [7, 11) is 0. The van der Waals surface area contributed by atoms with Crippen LogP contribution in [0.1, 0.15) is 77.3 Å². The quantitative estimate of drug-likeness (QED) is 0.431. The molecule has 0 heterocycles. The first kappa shape index (κ1) is 23.2. The lowest BCUT2D eigenvalue weighted by Crippen LogP contribution is -2.17. The summed E-state index contributed by atoms with van der Waals surface area (Å²) in [4.78, 5) is 0. The summed E-state index contributed by atoms with van der Waals surface area (Å²) in [5.41, 5.74) is 4.47. The highest BCUT2D eigenvalue weighted by atomic mass is 32.2. The number of phenolic OH excluding ortho intramolecular Hbond substituents is 1. The van der Waals surface area contributed by atoms with E-state index in [9.17, 15) is 5.11 Å². The van der Waals surface area contributed by atoms with E-state index in [1.807, 2.05) is 0 Å². The molecule has 0 amide bonds. The van der Waals surface area contributed by atoms with Gasteiger partial charge in [-0.2, -0.15) is 11.8 Å². The van der Waals surface area contributed by atoms with Crippen LogP contribution in [0.15, 0.2) is 54.6 Å². The number of fused-ring (bicyclic) bond motifs is 1. The topological polar surface area (TPSA) is 20.2 Å². The standard InChI is InChI=1S/C30H38OS/c1-21-11-7-5-6-8-14-28(21)32-20-25-18-26(30(2,3)4)19-27(29(25)31)24-16-15-22-12-9-10-13-23(22)17-24/h9-10,12-13,15-19,21,28,31H,5-8,11,14,20H2,1-4H3/t21-,28-/m0/s1. The zero-order chi connectivity index (χ0) is 22.7. The zero-order valence-corrected chi connectivity index (χ0v) is 21.0. The highest BCUT2D eigenvalue weighted by Gasteiger charge is 2.23. The molecule has 1 saturated carbocycles. The van der Waals surface area contributed by atoms with Gasteiger partial charge in [0.2, 0.25) is 0 Å². The number of hydrogen-bond acceptors (Lipinski definition) is 2. The zero-order valence-electron chi connectivity index (χ0n) is 20.2. The Kier molecular flexibility index (Phi) is 7.20. The number of hydrogen-bond donors (Lipinski definition) is 1. The Bertz CT molecular complexity index is 1060. The van der Waals surface area contributed by atoms with Crippen LogP contribution in [0.25, 0.3) is 21.9 Å². The molecule has 1 N–H and O–H groups in total. The SMILES string of the molecule is C[C@H]1CCCCCC[C@@H]1SCc1cc(C(C)(C)C)cc(-c2ccc3ccccc3c2)c1O. The van der Waals surface area contributed by atoms with Crippen molar-refractivity contribution in [3.8, 4) is 16.9 Å². The first-order valence-corrected chi connectivity index (χ1v) is 13.3. The van der Waals surface area contributed by atoms with Crippen molar-refractivity contribution in [2.75, 3.05) is 0 Å². The predicted molar refractivity (Wildman–Crippen MR) is 142 cm³/mol. The Morgan fingerprint density at radius 1 is 0.875 bits per heavy atom. The lowest BCUT2D eigenvalue weighted by atomic mass is 9.83. The molecule has 2 heteroatoms. The van der Waals surface area contributed by atoms with Gasteiger partial charge in [-0.3, -0.25) is 0 Å². The highest BCUT2D eigenvalue weighted by molar-refractivity contribution is 7.99. The molecule has 170 valence electrons. The van der Waals surface area contributed by atoms with Crippen molar-refractivity contribution >= 4 is 22.5 Å². The molecular formula is C30H38OS. The molecule has 1 fully saturated rings. The molecule has 3 aromatic carbocycles. The van der Waals surface area contributed by atoms with Crippen LogP contribution in [0, 0.1) is 5.92 Å². The Morgan fingerprint density at radius 2 is 1.59 bits per heavy atom. The van der Waals surface area contributed by atoms with E-state index in [1.165, 1.54) is 54.9 Å². The summed E-state index contributed by atoms with van der Waals surface area (Å²) in [6.07, 6.45) is 8.14. The van der Waals surface area contributed by atoms with Gasteiger partial charge in [0, 0.05) is 22.1 Å². The third-order valence-electron chi connectivity index (χ3n) is 7.10. The molecule has 1 aliphatic carbocycles.